The van der Waals surface area contributed by atoms with Crippen LogP contribution in [0.2, 0.25) is 0 Å². The lowest BCUT2D eigenvalue weighted by Gasteiger charge is -2.36. The molecule has 1 aliphatic heterocycles. The van der Waals surface area contributed by atoms with Gasteiger partial charge in [0, 0.05) is 12.0 Å². The van der Waals surface area contributed by atoms with Gasteiger partial charge in [-0.15, -0.1) is 0 Å². The first kappa shape index (κ1) is 25.5. The van der Waals surface area contributed by atoms with E-state index in [0.717, 1.165) is 4.89 Å². The third kappa shape index (κ3) is 5.33. The van der Waals surface area contributed by atoms with E-state index in [-0.39, 0.29) is 34.5 Å². The van der Waals surface area contributed by atoms with Crippen LogP contribution in [0.3, 0.4) is 0 Å². The van der Waals surface area contributed by atoms with Gasteiger partial charge >= 0.3 is 18.3 Å². The maximum Gasteiger partial charge on any atom is 0.492 e. The van der Waals surface area contributed by atoms with Crippen molar-refractivity contribution in [3.8, 4) is 0 Å². The van der Waals surface area contributed by atoms with Crippen molar-refractivity contribution in [2.45, 2.75) is 30.7 Å². The van der Waals surface area contributed by atoms with Crippen LogP contribution in [0.25, 0.3) is 0 Å². The lowest BCUT2D eigenvalue weighted by Crippen LogP contribution is -2.47. The van der Waals surface area contributed by atoms with Crippen LogP contribution in [-0.4, -0.2) is 38.3 Å². The predicted molar refractivity (Wildman–Crippen MR) is 108 cm³/mol. The predicted octanol–water partition coefficient (Wildman–Crippen LogP) is 2.89. The second kappa shape index (κ2) is 8.91. The van der Waals surface area contributed by atoms with Crippen LogP contribution in [0.15, 0.2) is 53.5 Å². The molecule has 184 valence electrons. The van der Waals surface area contributed by atoms with E-state index in [1.165, 1.54) is 42.5 Å². The minimum absolute atomic E-state index is 0.125. The molecule has 0 radical (unpaired) electrons. The molecule has 2 aromatic carbocycles. The minimum Gasteiger partial charge on any atom is -0.383 e. The Kier molecular flexibility index (Phi) is 6.68. The molecule has 34 heavy (non-hydrogen) atoms. The summed E-state index contributed by atoms with van der Waals surface area (Å²) in [6.45, 7) is 0. The van der Waals surface area contributed by atoms with Gasteiger partial charge in [-0.2, -0.15) is 26.3 Å². The topological polar surface area (TPSA) is 111 Å². The zero-order valence-corrected chi connectivity index (χ0v) is 17.9. The Morgan fingerprint density at radius 3 is 2.32 bits per heavy atom. The number of rotatable bonds is 6. The average molecular weight is 509 g/mol. The van der Waals surface area contributed by atoms with E-state index in [4.69, 9.17) is 5.73 Å². The smallest absolute Gasteiger partial charge is 0.383 e. The number of nitrogens with two attached hydrogens (primary N) is 1. The molecule has 14 heteroatoms. The number of carbonyl (C=O) groups excluding carboxylic acids is 1. The van der Waals surface area contributed by atoms with Gasteiger partial charge in [0.25, 0.3) is 0 Å². The highest BCUT2D eigenvalue weighted by Gasteiger charge is 2.57. The largest absolute Gasteiger partial charge is 0.492 e. The number of aliphatic imine (C=N–C) groups is 1. The van der Waals surface area contributed by atoms with Gasteiger partial charge in [0.1, 0.15) is 5.84 Å². The highest BCUT2D eigenvalue weighted by Crippen LogP contribution is 2.47. The van der Waals surface area contributed by atoms with Gasteiger partial charge in [-0.3, -0.25) is 0 Å². The Labute approximate surface area is 189 Å². The van der Waals surface area contributed by atoms with Crippen molar-refractivity contribution in [2.24, 2.45) is 10.7 Å². The molecule has 0 amide bonds. The Morgan fingerprint density at radius 2 is 1.74 bits per heavy atom. The fraction of sp³-hybridized carbons (Fsp3) is 0.300. The Morgan fingerprint density at radius 1 is 1.09 bits per heavy atom. The van der Waals surface area contributed by atoms with Crippen LogP contribution >= 0.6 is 0 Å². The molecule has 2 aromatic rings. The van der Waals surface area contributed by atoms with Crippen molar-refractivity contribution in [3.63, 3.8) is 0 Å². The molecule has 1 heterocycles. The normalized spacial score (nSPS) is 18.7. The molecule has 0 aromatic heterocycles. The first-order valence-electron chi connectivity index (χ1n) is 9.52. The third-order valence-electron chi connectivity index (χ3n) is 5.08. The van der Waals surface area contributed by atoms with Crippen LogP contribution in [-0.2, 0) is 38.0 Å². The highest BCUT2D eigenvalue weighted by molar-refractivity contribution is 7.89. The van der Waals surface area contributed by atoms with Crippen LogP contribution < -0.4 is 10.6 Å². The van der Waals surface area contributed by atoms with Crippen LogP contribution in [0, 0.1) is 0 Å². The lowest BCUT2D eigenvalue weighted by molar-refractivity contribution is -0.203. The molecule has 0 bridgehead atoms. The van der Waals surface area contributed by atoms with E-state index < -0.39 is 46.1 Å². The van der Waals surface area contributed by atoms with Crippen molar-refractivity contribution in [2.75, 3.05) is 5.75 Å². The van der Waals surface area contributed by atoms with Gasteiger partial charge in [0.05, 0.1) is 5.75 Å². The van der Waals surface area contributed by atoms with E-state index in [2.05, 4.69) is 9.83 Å². The molecule has 3 N–H and O–H groups in total. The van der Waals surface area contributed by atoms with E-state index in [0.29, 0.717) is 0 Å². The first-order valence-corrected chi connectivity index (χ1v) is 11.2. The Balaban J connectivity index is 1.83. The number of nitrogens with one attached hydrogen (secondary N) is 1. The fourth-order valence-corrected chi connectivity index (χ4v) is 4.23. The fourth-order valence-electron chi connectivity index (χ4n) is 3.44. The summed E-state index contributed by atoms with van der Waals surface area (Å²) >= 11 is 0. The summed E-state index contributed by atoms with van der Waals surface area (Å²) in [5.41, 5.74) is 3.77. The molecule has 3 rings (SSSR count). The number of carbonyl (C=O) groups is 1. The number of halogens is 6. The third-order valence-corrected chi connectivity index (χ3v) is 6.15. The number of amidine groups is 1. The zero-order chi connectivity index (χ0) is 25.4. The van der Waals surface area contributed by atoms with Crippen molar-refractivity contribution >= 4 is 21.8 Å². The molecule has 0 saturated carbocycles. The number of aryl methyl sites for hydroxylation is 1. The average Bonchev–Trinajstić information content (AvgIpc) is 2.75. The molecule has 0 aliphatic carbocycles. The summed E-state index contributed by atoms with van der Waals surface area (Å²) < 4.78 is 103. The number of fused-ring (bicyclic) bond motifs is 1. The summed E-state index contributed by atoms with van der Waals surface area (Å²) in [7, 11) is -4.48. The molecular weight excluding hydrogens is 492 g/mol. The van der Waals surface area contributed by atoms with Crippen molar-refractivity contribution in [1.82, 2.24) is 4.89 Å². The molecular formula is C20H17F6N3O4S. The van der Waals surface area contributed by atoms with Crippen LogP contribution in [0.1, 0.15) is 22.3 Å². The molecule has 0 spiro atoms. The van der Waals surface area contributed by atoms with Crippen molar-refractivity contribution in [1.29, 1.82) is 0 Å². The number of hydrogen-bond acceptors (Lipinski definition) is 6. The molecule has 1 aliphatic rings. The van der Waals surface area contributed by atoms with Gasteiger partial charge in [-0.1, -0.05) is 48.5 Å². The van der Waals surface area contributed by atoms with Gasteiger partial charge in [0.2, 0.25) is 10.0 Å². The second-order valence-electron chi connectivity index (χ2n) is 7.43. The van der Waals surface area contributed by atoms with Gasteiger partial charge in [-0.05, 0) is 28.0 Å². The quantitative estimate of drug-likeness (QED) is 0.460. The molecule has 0 fully saturated rings. The van der Waals surface area contributed by atoms with Crippen LogP contribution in [0.5, 0.6) is 0 Å². The van der Waals surface area contributed by atoms with E-state index in [1.54, 1.807) is 6.07 Å². The van der Waals surface area contributed by atoms with E-state index in [9.17, 15) is 39.6 Å². The highest BCUT2D eigenvalue weighted by atomic mass is 32.2. The Bertz CT molecular complexity index is 1210. The SMILES string of the molecule is NC1=NC(c2ccccc2)(C(F)(F)F)Cc2cc(CCS(=O)(=O)NOC(=O)C(F)(F)F)ccc21. The molecule has 0 saturated heterocycles. The van der Waals surface area contributed by atoms with Gasteiger partial charge < -0.3 is 10.6 Å². The summed E-state index contributed by atoms with van der Waals surface area (Å²) in [6.07, 6.45) is -11.1. The number of sulfonamides is 1. The number of benzene rings is 2. The number of alkyl halides is 6. The molecule has 1 atom stereocenters. The molecule has 7 nitrogen and oxygen atoms in total. The van der Waals surface area contributed by atoms with Gasteiger partial charge in [-0.25, -0.2) is 18.2 Å². The minimum atomic E-state index is -5.40. The summed E-state index contributed by atoms with van der Waals surface area (Å²) in [6, 6.07) is 11.1. The number of nitrogens with zero attached hydrogens (tertiary/aromatic N) is 1. The zero-order valence-electron chi connectivity index (χ0n) is 17.1. The lowest BCUT2D eigenvalue weighted by atomic mass is 9.79. The molecule has 1 unspecified atom stereocenters. The maximum atomic E-state index is 14.2. The standard InChI is InChI=1S/C20H17F6N3O4S/c21-19(22,23)17(30)33-29-34(31,32)9-8-12-6-7-15-13(10-12)11-18(20(24,25)26,28-16(15)27)14-4-2-1-3-5-14/h1-7,10,29H,8-9,11H2,(H2,27,28). The summed E-state index contributed by atoms with van der Waals surface area (Å²) in [4.78, 5) is 19.0. The van der Waals surface area contributed by atoms with Crippen molar-refractivity contribution < 1.29 is 44.4 Å². The summed E-state index contributed by atoms with van der Waals surface area (Å²) in [5.74, 6) is -3.89. The van der Waals surface area contributed by atoms with Gasteiger partial charge in [0.15, 0.2) is 5.54 Å². The maximum absolute atomic E-state index is 14.2. The van der Waals surface area contributed by atoms with Crippen molar-refractivity contribution in [3.05, 3.63) is 70.8 Å². The second-order valence-corrected chi connectivity index (χ2v) is 9.23. The summed E-state index contributed by atoms with van der Waals surface area (Å²) in [5, 5.41) is 0. The monoisotopic (exact) mass is 509 g/mol. The number of hydrogen-bond donors (Lipinski definition) is 2. The first-order chi connectivity index (χ1) is 15.6. The van der Waals surface area contributed by atoms with E-state index >= 15 is 0 Å². The van der Waals surface area contributed by atoms with E-state index in [1.807, 2.05) is 0 Å². The van der Waals surface area contributed by atoms with Crippen LogP contribution in [0.4, 0.5) is 26.3 Å². The Hall–Kier alpha value is -3.13.